The lowest BCUT2D eigenvalue weighted by Gasteiger charge is -2.36. The predicted molar refractivity (Wildman–Crippen MR) is 124 cm³/mol. The van der Waals surface area contributed by atoms with Gasteiger partial charge in [-0.15, -0.1) is 24.0 Å². The Labute approximate surface area is 186 Å². The van der Waals surface area contributed by atoms with Gasteiger partial charge in [0.05, 0.1) is 25.9 Å². The topological polar surface area (TPSA) is 57.9 Å². The number of rotatable bonds is 5. The highest BCUT2D eigenvalue weighted by atomic mass is 127. The number of nitrogens with one attached hydrogen (secondary N) is 1. The number of hydrogen-bond acceptors (Lipinski definition) is 4. The zero-order valence-corrected chi connectivity index (χ0v) is 20.1. The van der Waals surface area contributed by atoms with E-state index in [1.807, 2.05) is 24.1 Å². The smallest absolute Gasteiger partial charge is 0.194 e. The van der Waals surface area contributed by atoms with Crippen LogP contribution in [0, 0.1) is 5.92 Å². The zero-order valence-electron chi connectivity index (χ0n) is 17.8. The Morgan fingerprint density at radius 2 is 2.11 bits per heavy atom. The molecule has 3 rings (SSSR count). The van der Waals surface area contributed by atoms with Crippen LogP contribution in [0.3, 0.4) is 0 Å². The highest BCUT2D eigenvalue weighted by Crippen LogP contribution is 2.22. The van der Waals surface area contributed by atoms with Crippen LogP contribution in [0.1, 0.15) is 45.3 Å². The second kappa shape index (κ2) is 11.3. The van der Waals surface area contributed by atoms with Gasteiger partial charge in [0.1, 0.15) is 6.10 Å². The molecule has 0 saturated carbocycles. The number of morpholine rings is 1. The molecule has 28 heavy (non-hydrogen) atoms. The molecule has 8 heteroatoms. The molecule has 0 aliphatic carbocycles. The molecule has 2 aliphatic heterocycles. The third kappa shape index (κ3) is 6.32. The molecular weight excluding hydrogens is 467 g/mol. The Morgan fingerprint density at radius 3 is 2.75 bits per heavy atom. The number of likely N-dealkylation sites (tertiary alicyclic amines) is 1. The van der Waals surface area contributed by atoms with E-state index in [-0.39, 0.29) is 30.1 Å². The summed E-state index contributed by atoms with van der Waals surface area (Å²) in [4.78, 5) is 9.90. The first-order chi connectivity index (χ1) is 13.1. The molecule has 0 aromatic carbocycles. The van der Waals surface area contributed by atoms with Crippen LogP contribution < -0.4 is 5.32 Å². The second-order valence-corrected chi connectivity index (χ2v) is 8.01. The molecule has 0 bridgehead atoms. The molecule has 7 nitrogen and oxygen atoms in total. The number of ether oxygens (including phenoxy) is 1. The highest BCUT2D eigenvalue weighted by Gasteiger charge is 2.26. The fraction of sp³-hybridized carbons (Fsp3) is 0.800. The Kier molecular flexibility index (Phi) is 9.49. The van der Waals surface area contributed by atoms with Crippen LogP contribution in [-0.4, -0.2) is 77.5 Å². The SMILES string of the molecule is CCNC(=NCC(C)N1CCC(C)CC1)N1CCOC(c2cnn(C)c2)C1.I. The lowest BCUT2D eigenvalue weighted by atomic mass is 9.98. The minimum atomic E-state index is 0. The lowest BCUT2D eigenvalue weighted by molar-refractivity contribution is -0.00808. The first-order valence-electron chi connectivity index (χ1n) is 10.4. The predicted octanol–water partition coefficient (Wildman–Crippen LogP) is 2.50. The third-order valence-corrected chi connectivity index (χ3v) is 5.74. The van der Waals surface area contributed by atoms with Crippen LogP contribution in [0.5, 0.6) is 0 Å². The van der Waals surface area contributed by atoms with E-state index in [1.165, 1.54) is 25.9 Å². The van der Waals surface area contributed by atoms with Crippen LogP contribution >= 0.6 is 24.0 Å². The fourth-order valence-corrected chi connectivity index (χ4v) is 3.88. The van der Waals surface area contributed by atoms with Gasteiger partial charge in [0.15, 0.2) is 5.96 Å². The number of nitrogens with zero attached hydrogens (tertiary/aromatic N) is 5. The van der Waals surface area contributed by atoms with Crippen molar-refractivity contribution in [3.05, 3.63) is 18.0 Å². The summed E-state index contributed by atoms with van der Waals surface area (Å²) in [6, 6.07) is 0.487. The molecule has 160 valence electrons. The minimum Gasteiger partial charge on any atom is -0.370 e. The van der Waals surface area contributed by atoms with Crippen molar-refractivity contribution in [2.24, 2.45) is 18.0 Å². The average molecular weight is 504 g/mol. The van der Waals surface area contributed by atoms with Crippen molar-refractivity contribution >= 4 is 29.9 Å². The molecule has 3 heterocycles. The summed E-state index contributed by atoms with van der Waals surface area (Å²) in [5, 5.41) is 7.76. The van der Waals surface area contributed by atoms with Gasteiger partial charge >= 0.3 is 0 Å². The van der Waals surface area contributed by atoms with Gasteiger partial charge in [-0.2, -0.15) is 5.10 Å². The quantitative estimate of drug-likeness (QED) is 0.380. The van der Waals surface area contributed by atoms with Gasteiger partial charge in [0.2, 0.25) is 0 Å². The maximum Gasteiger partial charge on any atom is 0.194 e. The van der Waals surface area contributed by atoms with Gasteiger partial charge in [-0.05, 0) is 45.7 Å². The molecular formula is C20H37IN6O. The molecule has 2 atom stereocenters. The van der Waals surface area contributed by atoms with Crippen LogP contribution in [0.15, 0.2) is 17.4 Å². The number of piperidine rings is 1. The molecule has 0 spiro atoms. The van der Waals surface area contributed by atoms with Gasteiger partial charge in [-0.3, -0.25) is 14.6 Å². The van der Waals surface area contributed by atoms with Crippen LogP contribution in [-0.2, 0) is 11.8 Å². The largest absolute Gasteiger partial charge is 0.370 e. The summed E-state index contributed by atoms with van der Waals surface area (Å²) in [6.07, 6.45) is 6.61. The van der Waals surface area contributed by atoms with Crippen molar-refractivity contribution in [2.45, 2.75) is 45.8 Å². The Balaban J connectivity index is 0.00000280. The number of aliphatic imine (C=N–C) groups is 1. The van der Waals surface area contributed by atoms with Crippen LogP contribution in [0.25, 0.3) is 0 Å². The summed E-state index contributed by atoms with van der Waals surface area (Å²) in [7, 11) is 1.94. The first kappa shape index (κ1) is 23.4. The van der Waals surface area contributed by atoms with E-state index in [4.69, 9.17) is 9.73 Å². The van der Waals surface area contributed by atoms with E-state index in [0.29, 0.717) is 12.6 Å². The van der Waals surface area contributed by atoms with Crippen molar-refractivity contribution in [2.75, 3.05) is 45.9 Å². The van der Waals surface area contributed by atoms with E-state index in [1.54, 1.807) is 0 Å². The molecule has 2 unspecified atom stereocenters. The van der Waals surface area contributed by atoms with Crippen molar-refractivity contribution in [3.63, 3.8) is 0 Å². The summed E-state index contributed by atoms with van der Waals surface area (Å²) in [5.41, 5.74) is 1.13. The van der Waals surface area contributed by atoms with Gasteiger partial charge < -0.3 is 15.0 Å². The Hall–Kier alpha value is -0.870. The summed E-state index contributed by atoms with van der Waals surface area (Å²) < 4.78 is 7.81. The Morgan fingerprint density at radius 1 is 1.36 bits per heavy atom. The standard InChI is InChI=1S/C20H36N6O.HI/c1-5-21-20(22-12-17(3)25-8-6-16(2)7-9-25)26-10-11-27-19(15-26)18-13-23-24(4)14-18;/h13-14,16-17,19H,5-12,15H2,1-4H3,(H,21,22);1H. The van der Waals surface area contributed by atoms with Crippen molar-refractivity contribution in [3.8, 4) is 0 Å². The van der Waals surface area contributed by atoms with Gasteiger partial charge in [0.25, 0.3) is 0 Å². The first-order valence-corrected chi connectivity index (χ1v) is 10.4. The monoisotopic (exact) mass is 504 g/mol. The number of hydrogen-bond donors (Lipinski definition) is 1. The van der Waals surface area contributed by atoms with E-state index < -0.39 is 0 Å². The summed E-state index contributed by atoms with van der Waals surface area (Å²) >= 11 is 0. The molecule has 0 amide bonds. The maximum atomic E-state index is 5.98. The van der Waals surface area contributed by atoms with E-state index in [2.05, 4.69) is 41.0 Å². The maximum absolute atomic E-state index is 5.98. The number of guanidine groups is 1. The number of aryl methyl sites for hydroxylation is 1. The average Bonchev–Trinajstić information content (AvgIpc) is 3.12. The zero-order chi connectivity index (χ0) is 19.2. The molecule has 2 fully saturated rings. The van der Waals surface area contributed by atoms with E-state index in [0.717, 1.165) is 43.6 Å². The van der Waals surface area contributed by atoms with E-state index in [9.17, 15) is 0 Å². The Bertz CT molecular complexity index is 614. The normalized spacial score (nSPS) is 23.4. The fourth-order valence-electron chi connectivity index (χ4n) is 3.88. The van der Waals surface area contributed by atoms with Gasteiger partial charge in [-0.1, -0.05) is 6.92 Å². The van der Waals surface area contributed by atoms with Crippen molar-refractivity contribution in [1.82, 2.24) is 24.9 Å². The van der Waals surface area contributed by atoms with Crippen molar-refractivity contribution < 1.29 is 4.74 Å². The lowest BCUT2D eigenvalue weighted by Crippen LogP contribution is -2.49. The van der Waals surface area contributed by atoms with Crippen LogP contribution in [0.4, 0.5) is 0 Å². The number of aromatic nitrogens is 2. The second-order valence-electron chi connectivity index (χ2n) is 8.01. The van der Waals surface area contributed by atoms with Crippen molar-refractivity contribution in [1.29, 1.82) is 0 Å². The van der Waals surface area contributed by atoms with Crippen LogP contribution in [0.2, 0.25) is 0 Å². The van der Waals surface area contributed by atoms with E-state index >= 15 is 0 Å². The molecule has 1 aromatic heterocycles. The van der Waals surface area contributed by atoms with Gasteiger partial charge in [0, 0.05) is 37.9 Å². The molecule has 2 saturated heterocycles. The third-order valence-electron chi connectivity index (χ3n) is 5.74. The van der Waals surface area contributed by atoms with Gasteiger partial charge in [-0.25, -0.2) is 0 Å². The molecule has 1 N–H and O–H groups in total. The number of halogens is 1. The summed E-state index contributed by atoms with van der Waals surface area (Å²) in [5.74, 6) is 1.87. The minimum absolute atomic E-state index is 0. The summed E-state index contributed by atoms with van der Waals surface area (Å²) in [6.45, 7) is 13.3. The molecule has 1 aromatic rings. The highest BCUT2D eigenvalue weighted by molar-refractivity contribution is 14.0. The molecule has 2 aliphatic rings. The molecule has 0 radical (unpaired) electrons.